The fourth-order valence-electron chi connectivity index (χ4n) is 1.71. The summed E-state index contributed by atoms with van der Waals surface area (Å²) in [6.45, 7) is 2.11. The Morgan fingerprint density at radius 2 is 2.00 bits per heavy atom. The van der Waals surface area contributed by atoms with Gasteiger partial charge in [-0.15, -0.1) is 11.3 Å². The molecule has 1 aromatic carbocycles. The second-order valence-corrected chi connectivity index (χ2v) is 7.13. The molecule has 1 aromatic heterocycles. The molecule has 5 nitrogen and oxygen atoms in total. The van der Waals surface area contributed by atoms with E-state index in [1.165, 1.54) is 11.3 Å². The van der Waals surface area contributed by atoms with Crippen LogP contribution in [0.1, 0.15) is 16.3 Å². The molecule has 0 fully saturated rings. The zero-order valence-electron chi connectivity index (χ0n) is 11.0. The van der Waals surface area contributed by atoms with Gasteiger partial charge < -0.3 is 5.11 Å². The maximum Gasteiger partial charge on any atom is 0.240 e. The van der Waals surface area contributed by atoms with E-state index in [9.17, 15) is 8.42 Å². The predicted octanol–water partition coefficient (Wildman–Crippen LogP) is 1.46. The van der Waals surface area contributed by atoms with Crippen LogP contribution in [0.2, 0.25) is 0 Å². The lowest BCUT2D eigenvalue weighted by Gasteiger charge is -2.06. The summed E-state index contributed by atoms with van der Waals surface area (Å²) >= 11 is 1.49. The topological polar surface area (TPSA) is 79.3 Å². The summed E-state index contributed by atoms with van der Waals surface area (Å²) in [6, 6.07) is 6.49. The molecule has 0 aliphatic rings. The summed E-state index contributed by atoms with van der Waals surface area (Å²) in [4.78, 5) is 4.42. The Hall–Kier alpha value is -1.28. The van der Waals surface area contributed by atoms with Crippen molar-refractivity contribution in [2.45, 2.75) is 24.8 Å². The Morgan fingerprint density at radius 3 is 2.55 bits per heavy atom. The number of nitrogens with one attached hydrogen (secondary N) is 1. The predicted molar refractivity (Wildman–Crippen MR) is 78.1 cm³/mol. The maximum atomic E-state index is 12.1. The second kappa shape index (κ2) is 6.45. The first-order valence-corrected chi connectivity index (χ1v) is 8.48. The summed E-state index contributed by atoms with van der Waals surface area (Å²) in [5, 5.41) is 11.6. The van der Waals surface area contributed by atoms with Crippen molar-refractivity contribution in [3.05, 3.63) is 45.9 Å². The third kappa shape index (κ3) is 3.86. The lowest BCUT2D eigenvalue weighted by atomic mass is 10.2. The summed E-state index contributed by atoms with van der Waals surface area (Å²) in [5.41, 5.74) is 1.62. The fourth-order valence-corrected chi connectivity index (χ4v) is 3.32. The quantitative estimate of drug-likeness (QED) is 0.846. The molecule has 0 saturated carbocycles. The van der Waals surface area contributed by atoms with E-state index in [-0.39, 0.29) is 18.0 Å². The Bertz CT molecular complexity index is 663. The van der Waals surface area contributed by atoms with Crippen LogP contribution in [-0.4, -0.2) is 25.1 Å². The molecule has 0 aliphatic heterocycles. The maximum absolute atomic E-state index is 12.1. The lowest BCUT2D eigenvalue weighted by Crippen LogP contribution is -2.23. The van der Waals surface area contributed by atoms with Crippen LogP contribution in [0.5, 0.6) is 0 Å². The molecule has 108 valence electrons. The van der Waals surface area contributed by atoms with Gasteiger partial charge in [0.05, 0.1) is 22.1 Å². The molecule has 0 unspecified atom stereocenters. The highest BCUT2D eigenvalue weighted by atomic mass is 32.2. The molecule has 20 heavy (non-hydrogen) atoms. The Kier molecular flexibility index (Phi) is 4.87. The van der Waals surface area contributed by atoms with Crippen molar-refractivity contribution in [1.29, 1.82) is 0 Å². The Labute approximate surface area is 122 Å². The number of aromatic nitrogens is 1. The lowest BCUT2D eigenvalue weighted by molar-refractivity contribution is 0.299. The van der Waals surface area contributed by atoms with Crippen molar-refractivity contribution in [3.63, 3.8) is 0 Å². The highest BCUT2D eigenvalue weighted by Crippen LogP contribution is 2.13. The van der Waals surface area contributed by atoms with E-state index >= 15 is 0 Å². The van der Waals surface area contributed by atoms with Crippen molar-refractivity contribution >= 4 is 21.4 Å². The largest absolute Gasteiger partial charge is 0.396 e. The van der Waals surface area contributed by atoms with Crippen LogP contribution in [0.15, 0.2) is 34.5 Å². The van der Waals surface area contributed by atoms with Gasteiger partial charge in [-0.05, 0) is 31.0 Å². The first kappa shape index (κ1) is 15.1. The second-order valence-electron chi connectivity index (χ2n) is 4.30. The van der Waals surface area contributed by atoms with Crippen LogP contribution in [0.25, 0.3) is 0 Å². The molecule has 2 N–H and O–H groups in total. The van der Waals surface area contributed by atoms with Crippen LogP contribution < -0.4 is 4.72 Å². The van der Waals surface area contributed by atoms with E-state index in [2.05, 4.69) is 9.71 Å². The van der Waals surface area contributed by atoms with E-state index in [1.54, 1.807) is 24.3 Å². The summed E-state index contributed by atoms with van der Waals surface area (Å²) in [7, 11) is -3.53. The number of benzene rings is 1. The minimum Gasteiger partial charge on any atom is -0.396 e. The van der Waals surface area contributed by atoms with Crippen molar-refractivity contribution in [2.75, 3.05) is 6.61 Å². The number of hydrogen-bond donors (Lipinski definition) is 2. The summed E-state index contributed by atoms with van der Waals surface area (Å²) in [6.07, 6.45) is 0.520. The van der Waals surface area contributed by atoms with Gasteiger partial charge in [0.25, 0.3) is 0 Å². The van der Waals surface area contributed by atoms with Crippen LogP contribution in [0, 0.1) is 6.92 Å². The van der Waals surface area contributed by atoms with Crippen LogP contribution >= 0.6 is 11.3 Å². The molecule has 0 saturated heterocycles. The third-order valence-electron chi connectivity index (χ3n) is 2.74. The van der Waals surface area contributed by atoms with Gasteiger partial charge in [-0.3, -0.25) is 0 Å². The zero-order valence-corrected chi connectivity index (χ0v) is 12.7. The fraction of sp³-hybridized carbons (Fsp3) is 0.308. The first-order chi connectivity index (χ1) is 9.51. The molecule has 0 spiro atoms. The normalized spacial score (nSPS) is 11.7. The van der Waals surface area contributed by atoms with E-state index in [1.807, 2.05) is 12.3 Å². The highest BCUT2D eigenvalue weighted by molar-refractivity contribution is 7.89. The first-order valence-electron chi connectivity index (χ1n) is 6.12. The van der Waals surface area contributed by atoms with Gasteiger partial charge in [0.1, 0.15) is 0 Å². The molecule has 0 atom stereocenters. The van der Waals surface area contributed by atoms with Gasteiger partial charge in [0.2, 0.25) is 10.0 Å². The SMILES string of the molecule is Cc1nc(CNS(=O)(=O)c2ccc(CCO)cc2)cs1. The van der Waals surface area contributed by atoms with Crippen LogP contribution in [0.4, 0.5) is 0 Å². The van der Waals surface area contributed by atoms with Gasteiger partial charge in [0, 0.05) is 12.0 Å². The third-order valence-corrected chi connectivity index (χ3v) is 4.98. The number of sulfonamides is 1. The van der Waals surface area contributed by atoms with Gasteiger partial charge in [-0.1, -0.05) is 12.1 Å². The summed E-state index contributed by atoms with van der Waals surface area (Å²) < 4.78 is 26.7. The van der Waals surface area contributed by atoms with Gasteiger partial charge in [-0.25, -0.2) is 18.1 Å². The highest BCUT2D eigenvalue weighted by Gasteiger charge is 2.14. The molecule has 0 radical (unpaired) electrons. The van der Waals surface area contributed by atoms with Crippen LogP contribution in [0.3, 0.4) is 0 Å². The van der Waals surface area contributed by atoms with Crippen LogP contribution in [-0.2, 0) is 23.0 Å². The zero-order chi connectivity index (χ0) is 14.6. The monoisotopic (exact) mass is 312 g/mol. The van der Waals surface area contributed by atoms with E-state index < -0.39 is 10.0 Å². The number of nitrogens with zero attached hydrogens (tertiary/aromatic N) is 1. The number of hydrogen-bond acceptors (Lipinski definition) is 5. The van der Waals surface area contributed by atoms with Crippen molar-refractivity contribution in [1.82, 2.24) is 9.71 Å². The number of thiazole rings is 1. The molecule has 2 aromatic rings. The molecule has 0 aliphatic carbocycles. The van der Waals surface area contributed by atoms with E-state index in [4.69, 9.17) is 5.11 Å². The van der Waals surface area contributed by atoms with Crippen molar-refractivity contribution in [2.24, 2.45) is 0 Å². The minimum atomic E-state index is -3.53. The standard InChI is InChI=1S/C13H16N2O3S2/c1-10-15-12(9-19-10)8-14-20(17,18)13-4-2-11(3-5-13)6-7-16/h2-5,9,14,16H,6-8H2,1H3. The van der Waals surface area contributed by atoms with Gasteiger partial charge >= 0.3 is 0 Å². The number of rotatable bonds is 6. The molecular formula is C13H16N2O3S2. The number of aliphatic hydroxyl groups excluding tert-OH is 1. The Balaban J connectivity index is 2.05. The van der Waals surface area contributed by atoms with Crippen molar-refractivity contribution in [3.8, 4) is 0 Å². The molecule has 2 rings (SSSR count). The molecule has 0 amide bonds. The molecule has 0 bridgehead atoms. The molecule has 7 heteroatoms. The average molecular weight is 312 g/mol. The van der Waals surface area contributed by atoms with Gasteiger partial charge in [-0.2, -0.15) is 0 Å². The van der Waals surface area contributed by atoms with E-state index in [0.717, 1.165) is 10.6 Å². The van der Waals surface area contributed by atoms with Gasteiger partial charge in [0.15, 0.2) is 0 Å². The van der Waals surface area contributed by atoms with E-state index in [0.29, 0.717) is 12.1 Å². The molecular weight excluding hydrogens is 296 g/mol. The number of aliphatic hydroxyl groups is 1. The minimum absolute atomic E-state index is 0.0491. The number of aryl methyl sites for hydroxylation is 1. The van der Waals surface area contributed by atoms with Crippen molar-refractivity contribution < 1.29 is 13.5 Å². The molecule has 1 heterocycles. The Morgan fingerprint density at radius 1 is 1.30 bits per heavy atom. The summed E-state index contributed by atoms with van der Waals surface area (Å²) in [5.74, 6) is 0. The average Bonchev–Trinajstić information content (AvgIpc) is 2.84. The smallest absolute Gasteiger partial charge is 0.240 e.